The SMILES string of the molecule is CCC[N+]1(C)CCCC1.N=C1C2=Cc3ccccc3C2=CC(S(=O)(=O)C(F)(F)C(F)(F)F)=C1S(=O)(=O)C(F)(F)C(F)(F)F. The van der Waals surface area contributed by atoms with E-state index >= 15 is 0 Å². The van der Waals surface area contributed by atoms with Gasteiger partial charge in [-0.2, -0.15) is 43.9 Å². The van der Waals surface area contributed by atoms with E-state index in [1.807, 2.05) is 0 Å². The highest BCUT2D eigenvalue weighted by atomic mass is 32.2. The average Bonchev–Trinajstić information content (AvgIpc) is 3.46. The Morgan fingerprint density at radius 1 is 0.767 bits per heavy atom. The second kappa shape index (κ2) is 11.0. The van der Waals surface area contributed by atoms with Crippen molar-refractivity contribution in [2.75, 3.05) is 26.7 Å². The zero-order chi connectivity index (χ0) is 33.0. The lowest BCUT2D eigenvalue weighted by atomic mass is 9.95. The third kappa shape index (κ3) is 5.77. The number of quaternary nitrogens is 1. The summed E-state index contributed by atoms with van der Waals surface area (Å²) >= 11 is 0. The van der Waals surface area contributed by atoms with Crippen LogP contribution in [-0.2, 0) is 19.7 Å². The molecule has 0 saturated carbocycles. The van der Waals surface area contributed by atoms with E-state index in [4.69, 9.17) is 5.41 Å². The van der Waals surface area contributed by atoms with Crippen LogP contribution in [0, 0.1) is 5.41 Å². The summed E-state index contributed by atoms with van der Waals surface area (Å²) in [6, 6.07) is 4.95. The molecular weight excluding hydrogens is 646 g/mol. The molecule has 1 aliphatic heterocycles. The fraction of sp³-hybridized carbons (Fsp3) is 0.480. The summed E-state index contributed by atoms with van der Waals surface area (Å²) in [5.74, 6) is 0. The van der Waals surface area contributed by atoms with E-state index in [-0.39, 0.29) is 17.2 Å². The van der Waals surface area contributed by atoms with Gasteiger partial charge in [-0.15, -0.1) is 0 Å². The maximum absolute atomic E-state index is 13.9. The Hall–Kier alpha value is -2.73. The Bertz CT molecular complexity index is 1620. The van der Waals surface area contributed by atoms with E-state index in [2.05, 4.69) is 14.0 Å². The molecule has 240 valence electrons. The zero-order valence-electron chi connectivity index (χ0n) is 22.4. The van der Waals surface area contributed by atoms with Crippen molar-refractivity contribution in [3.8, 4) is 0 Å². The minimum absolute atomic E-state index is 0.0223. The van der Waals surface area contributed by atoms with Crippen molar-refractivity contribution in [3.05, 3.63) is 56.9 Å². The van der Waals surface area contributed by atoms with Gasteiger partial charge < -0.3 is 4.48 Å². The number of halogens is 10. The van der Waals surface area contributed by atoms with E-state index in [0.29, 0.717) is 0 Å². The molecule has 2 aliphatic carbocycles. The van der Waals surface area contributed by atoms with Crippen LogP contribution in [0.2, 0.25) is 0 Å². The van der Waals surface area contributed by atoms with Gasteiger partial charge in [-0.05, 0) is 35.3 Å². The van der Waals surface area contributed by atoms with Crippen molar-refractivity contribution >= 4 is 37.0 Å². The first kappa shape index (κ1) is 34.8. The fourth-order valence-electron chi connectivity index (χ4n) is 4.95. The maximum Gasteiger partial charge on any atom is 0.469 e. The molecule has 18 heteroatoms. The van der Waals surface area contributed by atoms with Crippen molar-refractivity contribution < 1.29 is 65.2 Å². The van der Waals surface area contributed by atoms with E-state index < -0.39 is 69.2 Å². The van der Waals surface area contributed by atoms with Gasteiger partial charge in [0.05, 0.1) is 37.3 Å². The van der Waals surface area contributed by atoms with Crippen LogP contribution in [0.25, 0.3) is 11.6 Å². The predicted octanol–water partition coefficient (Wildman–Crippen LogP) is 6.49. The Morgan fingerprint density at radius 2 is 1.26 bits per heavy atom. The fourth-order valence-corrected chi connectivity index (χ4v) is 8.07. The summed E-state index contributed by atoms with van der Waals surface area (Å²) in [5, 5.41) is -5.85. The normalized spacial score (nSPS) is 19.3. The van der Waals surface area contributed by atoms with Crippen LogP contribution in [0.15, 0.2) is 45.7 Å². The van der Waals surface area contributed by atoms with Crippen molar-refractivity contribution in [2.24, 2.45) is 0 Å². The molecule has 43 heavy (non-hydrogen) atoms. The Kier molecular flexibility index (Phi) is 8.90. The smallest absolute Gasteiger partial charge is 0.326 e. The number of nitrogens with one attached hydrogen (secondary N) is 1. The van der Waals surface area contributed by atoms with Crippen molar-refractivity contribution in [2.45, 2.75) is 49.0 Å². The molecule has 0 radical (unpaired) electrons. The maximum atomic E-state index is 13.9. The molecule has 0 amide bonds. The minimum Gasteiger partial charge on any atom is -0.326 e. The van der Waals surface area contributed by atoms with Gasteiger partial charge in [-0.25, -0.2) is 16.8 Å². The number of rotatable bonds is 6. The first-order chi connectivity index (χ1) is 19.4. The molecule has 0 aromatic heterocycles. The van der Waals surface area contributed by atoms with Gasteiger partial charge in [0.15, 0.2) is 0 Å². The largest absolute Gasteiger partial charge is 0.469 e. The number of allylic oxidation sites excluding steroid dienone is 4. The first-order valence-electron chi connectivity index (χ1n) is 12.5. The number of sulfone groups is 2. The van der Waals surface area contributed by atoms with Crippen LogP contribution in [0.1, 0.15) is 37.3 Å². The van der Waals surface area contributed by atoms with Crippen LogP contribution >= 0.6 is 0 Å². The van der Waals surface area contributed by atoms with Crippen LogP contribution in [-0.4, -0.2) is 76.6 Å². The molecule has 4 rings (SSSR count). The number of hydrogen-bond donors (Lipinski definition) is 1. The van der Waals surface area contributed by atoms with Gasteiger partial charge in [0.25, 0.3) is 19.7 Å². The van der Waals surface area contributed by atoms with Crippen LogP contribution < -0.4 is 0 Å². The number of fused-ring (bicyclic) bond motifs is 3. The van der Waals surface area contributed by atoms with Crippen LogP contribution in [0.3, 0.4) is 0 Å². The quantitative estimate of drug-likeness (QED) is 0.277. The summed E-state index contributed by atoms with van der Waals surface area (Å²) in [4.78, 5) is -5.57. The molecule has 1 saturated heterocycles. The average molecular weight is 672 g/mol. The van der Waals surface area contributed by atoms with Gasteiger partial charge in [0.2, 0.25) is 0 Å². The molecule has 1 heterocycles. The minimum atomic E-state index is -7.40. The Morgan fingerprint density at radius 3 is 1.74 bits per heavy atom. The lowest BCUT2D eigenvalue weighted by Crippen LogP contribution is -2.48. The monoisotopic (exact) mass is 671 g/mol. The van der Waals surface area contributed by atoms with Gasteiger partial charge in [0, 0.05) is 18.4 Å². The molecule has 6 nitrogen and oxygen atoms in total. The van der Waals surface area contributed by atoms with Crippen LogP contribution in [0.5, 0.6) is 0 Å². The number of alkyl halides is 10. The lowest BCUT2D eigenvalue weighted by molar-refractivity contribution is -0.897. The van der Waals surface area contributed by atoms with Gasteiger partial charge >= 0.3 is 22.9 Å². The van der Waals surface area contributed by atoms with Gasteiger partial charge in [-0.1, -0.05) is 31.2 Å². The lowest BCUT2D eigenvalue weighted by Gasteiger charge is -2.28. The summed E-state index contributed by atoms with van der Waals surface area (Å²) < 4.78 is 183. The van der Waals surface area contributed by atoms with E-state index in [0.717, 1.165) is 12.1 Å². The molecule has 3 aliphatic rings. The number of hydrogen-bond acceptors (Lipinski definition) is 5. The molecule has 1 N–H and O–H groups in total. The molecule has 1 aromatic carbocycles. The van der Waals surface area contributed by atoms with E-state index in [1.54, 1.807) is 0 Å². The Balaban J connectivity index is 0.000000480. The molecule has 0 spiro atoms. The second-order valence-electron chi connectivity index (χ2n) is 10.3. The van der Waals surface area contributed by atoms with Gasteiger partial charge in [-0.3, -0.25) is 5.41 Å². The van der Waals surface area contributed by atoms with Crippen LogP contribution in [0.4, 0.5) is 43.9 Å². The molecular formula is C25H25F10N2O4S2+. The van der Waals surface area contributed by atoms with Crippen molar-refractivity contribution in [3.63, 3.8) is 0 Å². The number of nitrogens with zero attached hydrogens (tertiary/aromatic N) is 1. The number of likely N-dealkylation sites (tertiary alicyclic amines) is 1. The second-order valence-corrected chi connectivity index (χ2v) is 14.2. The Labute approximate surface area is 240 Å². The van der Waals surface area contributed by atoms with Gasteiger partial charge in [0.1, 0.15) is 4.91 Å². The topological polar surface area (TPSA) is 92.1 Å². The van der Waals surface area contributed by atoms with Crippen molar-refractivity contribution in [1.82, 2.24) is 0 Å². The van der Waals surface area contributed by atoms with E-state index in [1.165, 1.54) is 61.6 Å². The summed E-state index contributed by atoms with van der Waals surface area (Å²) in [6.07, 6.45) is -8.97. The van der Waals surface area contributed by atoms with E-state index in [9.17, 15) is 60.7 Å². The summed E-state index contributed by atoms with van der Waals surface area (Å²) in [6.45, 7) is 6.52. The molecule has 0 bridgehead atoms. The zero-order valence-corrected chi connectivity index (χ0v) is 24.0. The molecule has 1 fully saturated rings. The highest BCUT2D eigenvalue weighted by Crippen LogP contribution is 2.52. The van der Waals surface area contributed by atoms with Crippen molar-refractivity contribution in [1.29, 1.82) is 5.41 Å². The third-order valence-corrected chi connectivity index (χ3v) is 10.9. The highest BCUT2D eigenvalue weighted by Gasteiger charge is 2.72. The molecule has 0 unspecified atom stereocenters. The predicted molar refractivity (Wildman–Crippen MR) is 137 cm³/mol. The standard InChI is InChI=1S/C17H7F10NO4S2.C8H18N/c18-14(19,20)16(24,25)33(29,30)11-6-9-8-4-2-1-3-7(8)5-10(9)12(28)13(11)34(31,32)17(26,27)15(21,22)23;1-3-6-9(2)7-4-5-8-9/h1-6,28H;3-8H2,1-2H3/q;+1. The first-order valence-corrected chi connectivity index (χ1v) is 15.4. The third-order valence-electron chi connectivity index (χ3n) is 7.14. The summed E-state index contributed by atoms with van der Waals surface area (Å²) in [7, 11) is -12.4. The summed E-state index contributed by atoms with van der Waals surface area (Å²) in [5.41, 5.74) is -3.48. The molecule has 0 atom stereocenters. The highest BCUT2D eigenvalue weighted by molar-refractivity contribution is 8.01. The molecule has 1 aromatic rings. The number of benzene rings is 1.